The number of alkyl halides is 3. The van der Waals surface area contributed by atoms with Gasteiger partial charge in [-0.2, -0.15) is 13.2 Å². The fourth-order valence-corrected chi connectivity index (χ4v) is 2.92. The average Bonchev–Trinajstić information content (AvgIpc) is 2.96. The lowest BCUT2D eigenvalue weighted by atomic mass is 10.1. The molecule has 3 rings (SSSR count). The molecule has 1 aliphatic rings. The number of imide groups is 1. The molecule has 0 saturated carbocycles. The maximum absolute atomic E-state index is 12.7. The molecule has 0 unspecified atom stereocenters. The van der Waals surface area contributed by atoms with E-state index in [9.17, 15) is 37.7 Å². The summed E-state index contributed by atoms with van der Waals surface area (Å²) < 4.78 is 43.1. The zero-order chi connectivity index (χ0) is 22.8. The lowest BCUT2D eigenvalue weighted by Gasteiger charge is -2.14. The number of benzene rings is 2. The highest BCUT2D eigenvalue weighted by Crippen LogP contribution is 2.34. The van der Waals surface area contributed by atoms with Crippen LogP contribution in [0, 0.1) is 10.1 Å². The van der Waals surface area contributed by atoms with Gasteiger partial charge in [0.2, 0.25) is 0 Å². The van der Waals surface area contributed by atoms with Crippen molar-refractivity contribution in [1.82, 2.24) is 4.90 Å². The fourth-order valence-electron chi connectivity index (χ4n) is 2.92. The van der Waals surface area contributed by atoms with Gasteiger partial charge in [0.05, 0.1) is 28.2 Å². The Kier molecular flexibility index (Phi) is 5.90. The molecule has 0 atom stereocenters. The Balaban J connectivity index is 1.54. The van der Waals surface area contributed by atoms with E-state index in [4.69, 9.17) is 4.74 Å². The van der Waals surface area contributed by atoms with Crippen molar-refractivity contribution < 1.29 is 37.2 Å². The zero-order valence-electron chi connectivity index (χ0n) is 15.6. The van der Waals surface area contributed by atoms with E-state index in [1.54, 1.807) is 12.1 Å². The molecule has 12 heteroatoms. The van der Waals surface area contributed by atoms with Gasteiger partial charge in [0, 0.05) is 6.07 Å². The first-order valence-electron chi connectivity index (χ1n) is 8.80. The Labute approximate surface area is 172 Å². The molecule has 31 heavy (non-hydrogen) atoms. The van der Waals surface area contributed by atoms with Crippen LogP contribution in [0.2, 0.25) is 0 Å². The number of fused-ring (bicyclic) bond motifs is 1. The summed E-state index contributed by atoms with van der Waals surface area (Å²) in [6, 6.07) is 8.07. The van der Waals surface area contributed by atoms with Crippen LogP contribution in [0.5, 0.6) is 0 Å². The third kappa shape index (κ3) is 4.63. The maximum Gasteiger partial charge on any atom is 0.416 e. The Morgan fingerprint density at radius 1 is 1.10 bits per heavy atom. The van der Waals surface area contributed by atoms with Crippen molar-refractivity contribution in [3.63, 3.8) is 0 Å². The molecule has 9 nitrogen and oxygen atoms in total. The van der Waals surface area contributed by atoms with Crippen LogP contribution < -0.4 is 5.32 Å². The van der Waals surface area contributed by atoms with E-state index in [0.717, 1.165) is 11.0 Å². The molecular formula is C19H14F3N3O6. The summed E-state index contributed by atoms with van der Waals surface area (Å²) in [7, 11) is 0. The van der Waals surface area contributed by atoms with Crippen molar-refractivity contribution >= 4 is 29.2 Å². The van der Waals surface area contributed by atoms with E-state index >= 15 is 0 Å². The van der Waals surface area contributed by atoms with E-state index in [1.165, 1.54) is 12.1 Å². The molecule has 2 amide bonds. The first kappa shape index (κ1) is 21.7. The third-order valence-corrected chi connectivity index (χ3v) is 4.40. The minimum Gasteiger partial charge on any atom is -0.462 e. The predicted octanol–water partition coefficient (Wildman–Crippen LogP) is 2.86. The van der Waals surface area contributed by atoms with Crippen molar-refractivity contribution in [1.29, 1.82) is 0 Å². The fraction of sp³-hybridized carbons (Fsp3) is 0.211. The number of hydrogen-bond acceptors (Lipinski definition) is 7. The summed E-state index contributed by atoms with van der Waals surface area (Å²) in [5.74, 6) is -1.92. The number of carbonyl (C=O) groups excluding carboxylic acids is 3. The first-order chi connectivity index (χ1) is 14.6. The number of nitro groups is 1. The zero-order valence-corrected chi connectivity index (χ0v) is 15.6. The maximum atomic E-state index is 12.7. The Morgan fingerprint density at radius 3 is 2.26 bits per heavy atom. The molecule has 0 radical (unpaired) electrons. The molecule has 0 fully saturated rings. The van der Waals surface area contributed by atoms with Gasteiger partial charge in [-0.15, -0.1) is 0 Å². The second-order valence-corrected chi connectivity index (χ2v) is 6.37. The predicted molar refractivity (Wildman–Crippen MR) is 99.4 cm³/mol. The number of ether oxygens (including phenoxy) is 1. The molecule has 0 saturated heterocycles. The van der Waals surface area contributed by atoms with E-state index in [1.807, 2.05) is 0 Å². The summed E-state index contributed by atoms with van der Waals surface area (Å²) in [5.41, 5.74) is -1.86. The van der Waals surface area contributed by atoms with Crippen LogP contribution in [0.4, 0.5) is 24.5 Å². The van der Waals surface area contributed by atoms with Crippen LogP contribution in [0.15, 0.2) is 42.5 Å². The van der Waals surface area contributed by atoms with Gasteiger partial charge in [-0.1, -0.05) is 12.1 Å². The standard InChI is InChI=1S/C19H14F3N3O6/c20-19(21,22)11-5-6-14(15(9-11)25(29)30)23-10-16(26)31-8-7-24-17(27)12-3-1-2-4-13(12)18(24)28/h1-6,9,23H,7-8,10H2. The normalized spacial score (nSPS) is 13.2. The topological polar surface area (TPSA) is 119 Å². The number of halogens is 3. The first-order valence-corrected chi connectivity index (χ1v) is 8.80. The Hall–Kier alpha value is -3.96. The second kappa shape index (κ2) is 8.42. The molecule has 162 valence electrons. The molecule has 2 aromatic carbocycles. The van der Waals surface area contributed by atoms with Crippen molar-refractivity contribution in [2.75, 3.05) is 25.0 Å². The van der Waals surface area contributed by atoms with Crippen LogP contribution in [-0.2, 0) is 15.7 Å². The quantitative estimate of drug-likeness (QED) is 0.306. The SMILES string of the molecule is O=C(CNc1ccc(C(F)(F)F)cc1[N+](=O)[O-])OCCN1C(=O)c2ccccc2C1=O. The van der Waals surface area contributed by atoms with Crippen molar-refractivity contribution in [3.05, 3.63) is 69.3 Å². The van der Waals surface area contributed by atoms with Crippen molar-refractivity contribution in [2.24, 2.45) is 0 Å². The van der Waals surface area contributed by atoms with Gasteiger partial charge < -0.3 is 10.1 Å². The lowest BCUT2D eigenvalue weighted by Crippen LogP contribution is -2.34. The van der Waals surface area contributed by atoms with Crippen LogP contribution in [0.3, 0.4) is 0 Å². The summed E-state index contributed by atoms with van der Waals surface area (Å²) in [4.78, 5) is 47.2. The van der Waals surface area contributed by atoms with Gasteiger partial charge in [0.25, 0.3) is 17.5 Å². The molecule has 1 N–H and O–H groups in total. The van der Waals surface area contributed by atoms with Gasteiger partial charge in [-0.05, 0) is 24.3 Å². The minimum atomic E-state index is -4.76. The molecule has 0 spiro atoms. The summed E-state index contributed by atoms with van der Waals surface area (Å²) >= 11 is 0. The number of hydrogen-bond donors (Lipinski definition) is 1. The Bertz CT molecular complexity index is 1040. The Morgan fingerprint density at radius 2 is 1.71 bits per heavy atom. The number of anilines is 1. The lowest BCUT2D eigenvalue weighted by molar-refractivity contribution is -0.384. The van der Waals surface area contributed by atoms with Crippen LogP contribution in [0.25, 0.3) is 0 Å². The molecule has 0 aromatic heterocycles. The third-order valence-electron chi connectivity index (χ3n) is 4.40. The number of carbonyl (C=O) groups is 3. The average molecular weight is 437 g/mol. The summed E-state index contributed by atoms with van der Waals surface area (Å²) in [6.45, 7) is -1.09. The van der Waals surface area contributed by atoms with E-state index < -0.39 is 46.7 Å². The highest BCUT2D eigenvalue weighted by molar-refractivity contribution is 6.21. The van der Waals surface area contributed by atoms with Crippen molar-refractivity contribution in [3.8, 4) is 0 Å². The second-order valence-electron chi connectivity index (χ2n) is 6.37. The van der Waals surface area contributed by atoms with Gasteiger partial charge in [-0.3, -0.25) is 29.4 Å². The smallest absolute Gasteiger partial charge is 0.416 e. The number of nitrogens with zero attached hydrogens (tertiary/aromatic N) is 2. The molecule has 0 bridgehead atoms. The van der Waals surface area contributed by atoms with E-state index in [2.05, 4.69) is 5.32 Å². The van der Waals surface area contributed by atoms with Crippen LogP contribution in [-0.4, -0.2) is 47.3 Å². The number of nitro benzene ring substituents is 1. The van der Waals surface area contributed by atoms with Gasteiger partial charge in [-0.25, -0.2) is 0 Å². The van der Waals surface area contributed by atoms with Gasteiger partial charge in [0.1, 0.15) is 18.8 Å². The number of rotatable bonds is 7. The van der Waals surface area contributed by atoms with E-state index in [-0.39, 0.29) is 30.0 Å². The van der Waals surface area contributed by atoms with Gasteiger partial charge >= 0.3 is 12.1 Å². The van der Waals surface area contributed by atoms with Crippen LogP contribution in [0.1, 0.15) is 26.3 Å². The molecule has 1 heterocycles. The molecule has 1 aliphatic heterocycles. The summed E-state index contributed by atoms with van der Waals surface area (Å²) in [5, 5.41) is 13.4. The minimum absolute atomic E-state index is 0.196. The molecular weight excluding hydrogens is 423 g/mol. The number of amides is 2. The van der Waals surface area contributed by atoms with Gasteiger partial charge in [0.15, 0.2) is 0 Å². The largest absolute Gasteiger partial charge is 0.462 e. The highest BCUT2D eigenvalue weighted by Gasteiger charge is 2.35. The summed E-state index contributed by atoms with van der Waals surface area (Å²) in [6.07, 6.45) is -4.76. The van der Waals surface area contributed by atoms with E-state index in [0.29, 0.717) is 12.1 Å². The highest BCUT2D eigenvalue weighted by atomic mass is 19.4. The van der Waals surface area contributed by atoms with Crippen LogP contribution >= 0.6 is 0 Å². The number of esters is 1. The molecule has 0 aliphatic carbocycles. The monoisotopic (exact) mass is 437 g/mol. The molecule has 2 aromatic rings. The number of nitrogens with one attached hydrogen (secondary N) is 1. The van der Waals surface area contributed by atoms with Crippen molar-refractivity contribution in [2.45, 2.75) is 6.18 Å².